The van der Waals surface area contributed by atoms with Gasteiger partial charge >= 0.3 is 5.97 Å². The van der Waals surface area contributed by atoms with E-state index in [1.807, 2.05) is 54.6 Å². The van der Waals surface area contributed by atoms with Crippen LogP contribution in [0.15, 0.2) is 78.9 Å². The molecular formula is C28H29N3O5. The van der Waals surface area contributed by atoms with E-state index in [1.54, 1.807) is 24.3 Å². The van der Waals surface area contributed by atoms with Crippen molar-refractivity contribution in [1.29, 1.82) is 0 Å². The fourth-order valence-electron chi connectivity index (χ4n) is 3.86. The van der Waals surface area contributed by atoms with Crippen LogP contribution >= 0.6 is 0 Å². The molecule has 0 saturated carbocycles. The van der Waals surface area contributed by atoms with Crippen LogP contribution in [0.1, 0.15) is 21.5 Å². The van der Waals surface area contributed by atoms with E-state index in [1.165, 1.54) is 0 Å². The Balaban J connectivity index is 1.26. The number of carbonyl (C=O) groups excluding carboxylic acids is 3. The molecule has 0 aromatic heterocycles. The zero-order valence-electron chi connectivity index (χ0n) is 19.9. The Morgan fingerprint density at radius 3 is 2.22 bits per heavy atom. The molecule has 1 aliphatic heterocycles. The Morgan fingerprint density at radius 1 is 0.778 bits per heavy atom. The second-order valence-electron chi connectivity index (χ2n) is 8.47. The zero-order valence-corrected chi connectivity index (χ0v) is 19.9. The number of esters is 1. The highest BCUT2D eigenvalue weighted by Gasteiger charge is 2.16. The normalized spacial score (nSPS) is 13.6. The van der Waals surface area contributed by atoms with Crippen molar-refractivity contribution in [1.82, 2.24) is 4.90 Å². The predicted octanol–water partition coefficient (Wildman–Crippen LogP) is 3.50. The number of ether oxygens (including phenoxy) is 2. The largest absolute Gasteiger partial charge is 0.452 e. The van der Waals surface area contributed by atoms with Crippen LogP contribution in [0, 0.1) is 0 Å². The number of hydrogen-bond acceptors (Lipinski definition) is 6. The van der Waals surface area contributed by atoms with Crippen LogP contribution in [0.5, 0.6) is 0 Å². The molecule has 0 radical (unpaired) electrons. The third-order valence-electron chi connectivity index (χ3n) is 5.71. The molecule has 8 heteroatoms. The number of rotatable bonds is 9. The van der Waals surface area contributed by atoms with Gasteiger partial charge in [-0.25, -0.2) is 4.79 Å². The minimum Gasteiger partial charge on any atom is -0.452 e. The molecule has 0 unspecified atom stereocenters. The maximum atomic E-state index is 12.6. The van der Waals surface area contributed by atoms with E-state index in [0.29, 0.717) is 11.4 Å². The van der Waals surface area contributed by atoms with Crippen molar-refractivity contribution >= 4 is 29.2 Å². The van der Waals surface area contributed by atoms with E-state index in [9.17, 15) is 14.4 Å². The fraction of sp³-hybridized carbons (Fsp3) is 0.250. The lowest BCUT2D eigenvalue weighted by molar-refractivity contribution is -0.119. The molecule has 3 aromatic carbocycles. The van der Waals surface area contributed by atoms with Crippen molar-refractivity contribution in [3.8, 4) is 0 Å². The number of para-hydroxylation sites is 1. The third-order valence-corrected chi connectivity index (χ3v) is 5.71. The number of nitrogens with zero attached hydrogens (tertiary/aromatic N) is 1. The van der Waals surface area contributed by atoms with Gasteiger partial charge in [-0.3, -0.25) is 14.5 Å². The summed E-state index contributed by atoms with van der Waals surface area (Å²) in [6.45, 7) is 3.69. The highest BCUT2D eigenvalue weighted by molar-refractivity contribution is 6.02. The molecule has 8 nitrogen and oxygen atoms in total. The van der Waals surface area contributed by atoms with Gasteiger partial charge in [-0.15, -0.1) is 0 Å². The van der Waals surface area contributed by atoms with Crippen LogP contribution in [0.25, 0.3) is 0 Å². The lowest BCUT2D eigenvalue weighted by Gasteiger charge is -2.26. The van der Waals surface area contributed by atoms with Gasteiger partial charge in [-0.05, 0) is 35.4 Å². The van der Waals surface area contributed by atoms with Crippen LogP contribution in [0.2, 0.25) is 0 Å². The standard InChI is InChI=1S/C28H29N3O5/c32-26(18-21-6-2-1-3-7-21)30-25-9-5-4-8-24(25)28(34)36-20-27(33)29-23-12-10-22(11-13-23)19-31-14-16-35-17-15-31/h1-13H,14-20H2,(H,29,33)(H,30,32). The Labute approximate surface area is 210 Å². The number of anilines is 2. The van der Waals surface area contributed by atoms with Crippen molar-refractivity contribution < 1.29 is 23.9 Å². The molecule has 0 aliphatic carbocycles. The van der Waals surface area contributed by atoms with E-state index >= 15 is 0 Å². The van der Waals surface area contributed by atoms with E-state index < -0.39 is 18.5 Å². The number of benzene rings is 3. The number of hydrogen-bond donors (Lipinski definition) is 2. The molecule has 1 heterocycles. The summed E-state index contributed by atoms with van der Waals surface area (Å²) in [6.07, 6.45) is 0.178. The molecule has 1 aliphatic rings. The van der Waals surface area contributed by atoms with Gasteiger partial charge in [0.1, 0.15) is 0 Å². The monoisotopic (exact) mass is 487 g/mol. The van der Waals surface area contributed by atoms with Crippen molar-refractivity contribution in [3.05, 3.63) is 95.6 Å². The summed E-state index contributed by atoms with van der Waals surface area (Å²) in [5.74, 6) is -1.40. The summed E-state index contributed by atoms with van der Waals surface area (Å²) in [5, 5.41) is 5.49. The van der Waals surface area contributed by atoms with Crippen molar-refractivity contribution in [2.24, 2.45) is 0 Å². The minimum absolute atomic E-state index is 0.178. The second-order valence-corrected chi connectivity index (χ2v) is 8.47. The fourth-order valence-corrected chi connectivity index (χ4v) is 3.86. The van der Waals surface area contributed by atoms with Crippen molar-refractivity contribution in [3.63, 3.8) is 0 Å². The molecule has 186 valence electrons. The molecule has 2 N–H and O–H groups in total. The van der Waals surface area contributed by atoms with Crippen LogP contribution in [-0.4, -0.2) is 55.6 Å². The van der Waals surface area contributed by atoms with Gasteiger partial charge in [0.25, 0.3) is 5.91 Å². The van der Waals surface area contributed by atoms with Gasteiger partial charge < -0.3 is 20.1 Å². The SMILES string of the molecule is O=C(COC(=O)c1ccccc1NC(=O)Cc1ccccc1)Nc1ccc(CN2CCOCC2)cc1. The molecule has 0 atom stereocenters. The van der Waals surface area contributed by atoms with E-state index in [4.69, 9.17) is 9.47 Å². The number of nitrogens with one attached hydrogen (secondary N) is 2. The quantitative estimate of drug-likeness (QED) is 0.449. The third kappa shape index (κ3) is 7.49. The van der Waals surface area contributed by atoms with Gasteiger partial charge in [0, 0.05) is 25.3 Å². The van der Waals surface area contributed by atoms with Gasteiger partial charge in [0.05, 0.1) is 30.9 Å². The number of carbonyl (C=O) groups is 3. The van der Waals surface area contributed by atoms with E-state index in [-0.39, 0.29) is 17.9 Å². The number of morpholine rings is 1. The summed E-state index contributed by atoms with van der Waals surface area (Å²) < 4.78 is 10.6. The van der Waals surface area contributed by atoms with Crippen molar-refractivity contribution in [2.75, 3.05) is 43.5 Å². The second kappa shape index (κ2) is 12.6. The molecule has 1 fully saturated rings. The van der Waals surface area contributed by atoms with E-state index in [0.717, 1.165) is 44.0 Å². The highest BCUT2D eigenvalue weighted by atomic mass is 16.5. The average Bonchev–Trinajstić information content (AvgIpc) is 2.90. The molecule has 2 amide bonds. The van der Waals surface area contributed by atoms with Gasteiger partial charge in [-0.2, -0.15) is 0 Å². The first kappa shape index (κ1) is 25.1. The molecule has 4 rings (SSSR count). The zero-order chi connectivity index (χ0) is 25.2. The molecule has 3 aromatic rings. The summed E-state index contributed by atoms with van der Waals surface area (Å²) >= 11 is 0. The maximum absolute atomic E-state index is 12.6. The summed E-state index contributed by atoms with van der Waals surface area (Å²) in [6, 6.07) is 23.4. The first-order chi connectivity index (χ1) is 17.6. The van der Waals surface area contributed by atoms with E-state index in [2.05, 4.69) is 15.5 Å². The Morgan fingerprint density at radius 2 is 1.47 bits per heavy atom. The molecular weight excluding hydrogens is 458 g/mol. The van der Waals surface area contributed by atoms with Gasteiger partial charge in [0.15, 0.2) is 6.61 Å². The van der Waals surface area contributed by atoms with Crippen LogP contribution < -0.4 is 10.6 Å². The Bertz CT molecular complexity index is 1180. The van der Waals surface area contributed by atoms with Gasteiger partial charge in [0.2, 0.25) is 5.91 Å². The van der Waals surface area contributed by atoms with Crippen molar-refractivity contribution in [2.45, 2.75) is 13.0 Å². The Kier molecular flexibility index (Phi) is 8.80. The Hall–Kier alpha value is -4.01. The molecule has 1 saturated heterocycles. The summed E-state index contributed by atoms with van der Waals surface area (Å²) in [7, 11) is 0. The average molecular weight is 488 g/mol. The van der Waals surface area contributed by atoms with Crippen LogP contribution in [-0.2, 0) is 32.0 Å². The van der Waals surface area contributed by atoms with Crippen LogP contribution in [0.3, 0.4) is 0 Å². The lowest BCUT2D eigenvalue weighted by atomic mass is 10.1. The smallest absolute Gasteiger partial charge is 0.340 e. The molecule has 0 spiro atoms. The van der Waals surface area contributed by atoms with Gasteiger partial charge in [-0.1, -0.05) is 54.6 Å². The highest BCUT2D eigenvalue weighted by Crippen LogP contribution is 2.17. The number of amides is 2. The lowest BCUT2D eigenvalue weighted by Crippen LogP contribution is -2.35. The predicted molar refractivity (Wildman–Crippen MR) is 137 cm³/mol. The minimum atomic E-state index is -0.693. The first-order valence-corrected chi connectivity index (χ1v) is 11.9. The van der Waals surface area contributed by atoms with Crippen LogP contribution in [0.4, 0.5) is 11.4 Å². The summed E-state index contributed by atoms with van der Waals surface area (Å²) in [5.41, 5.74) is 3.14. The first-order valence-electron chi connectivity index (χ1n) is 11.9. The maximum Gasteiger partial charge on any atom is 0.340 e. The molecule has 0 bridgehead atoms. The summed E-state index contributed by atoms with van der Waals surface area (Å²) in [4.78, 5) is 39.7. The molecule has 36 heavy (non-hydrogen) atoms. The topological polar surface area (TPSA) is 97.0 Å².